The third-order valence-corrected chi connectivity index (χ3v) is 3.33. The number of carbonyl (C=O) groups is 2. The van der Waals surface area contributed by atoms with Crippen LogP contribution in [0.5, 0.6) is 0 Å². The maximum Gasteiger partial charge on any atom is 0.332 e. The van der Waals surface area contributed by atoms with E-state index >= 15 is 0 Å². The molecule has 1 aromatic carbocycles. The van der Waals surface area contributed by atoms with Crippen molar-refractivity contribution in [2.75, 3.05) is 6.61 Å². The molecular formula is C14H15F2NO3. The second-order valence-corrected chi connectivity index (χ2v) is 4.66. The Bertz CT molecular complexity index is 506. The molecule has 20 heavy (non-hydrogen) atoms. The number of ether oxygens (including phenoxy) is 1. The van der Waals surface area contributed by atoms with Crippen molar-refractivity contribution < 1.29 is 23.1 Å². The lowest BCUT2D eigenvalue weighted by Gasteiger charge is -2.17. The summed E-state index contributed by atoms with van der Waals surface area (Å²) in [6, 6.07) is 8.14. The van der Waals surface area contributed by atoms with Gasteiger partial charge in [-0.2, -0.15) is 0 Å². The van der Waals surface area contributed by atoms with Crippen LogP contribution in [0.3, 0.4) is 0 Å². The van der Waals surface area contributed by atoms with Gasteiger partial charge in [0.15, 0.2) is 0 Å². The number of benzene rings is 1. The maximum absolute atomic E-state index is 12.8. The Hall–Kier alpha value is -1.98. The molecule has 0 aromatic heterocycles. The highest BCUT2D eigenvalue weighted by Gasteiger charge is 2.66. The van der Waals surface area contributed by atoms with Crippen molar-refractivity contribution >= 4 is 11.9 Å². The lowest BCUT2D eigenvalue weighted by molar-refractivity contribution is -0.147. The third-order valence-electron chi connectivity index (χ3n) is 3.33. The van der Waals surface area contributed by atoms with E-state index in [1.807, 2.05) is 0 Å². The standard InChI is InChI=1S/C14H15F2NO3/c1-2-20-13(19)14(8-10(14)11(15)16)17-12(18)9-6-4-3-5-7-9/h3-7,10-11H,2,8H2,1H3,(H,17,18)/t10-,14-/m1/s1. The molecule has 1 aliphatic carbocycles. The number of rotatable bonds is 5. The van der Waals surface area contributed by atoms with Crippen LogP contribution in [-0.4, -0.2) is 30.4 Å². The van der Waals surface area contributed by atoms with Gasteiger partial charge in [0.1, 0.15) is 5.54 Å². The Kier molecular flexibility index (Phi) is 4.01. The quantitative estimate of drug-likeness (QED) is 0.841. The highest BCUT2D eigenvalue weighted by molar-refractivity contribution is 5.99. The molecule has 2 atom stereocenters. The summed E-state index contributed by atoms with van der Waals surface area (Å²) in [6.45, 7) is 1.67. The van der Waals surface area contributed by atoms with Crippen LogP contribution in [-0.2, 0) is 9.53 Å². The number of esters is 1. The van der Waals surface area contributed by atoms with Crippen molar-refractivity contribution in [2.45, 2.75) is 25.3 Å². The normalized spacial score (nSPS) is 24.3. The van der Waals surface area contributed by atoms with Crippen molar-refractivity contribution in [3.05, 3.63) is 35.9 Å². The van der Waals surface area contributed by atoms with E-state index < -0.39 is 29.8 Å². The van der Waals surface area contributed by atoms with E-state index in [0.717, 1.165) is 0 Å². The second-order valence-electron chi connectivity index (χ2n) is 4.66. The van der Waals surface area contributed by atoms with Gasteiger partial charge in [0.05, 0.1) is 12.5 Å². The van der Waals surface area contributed by atoms with Gasteiger partial charge in [-0.3, -0.25) is 4.79 Å². The molecule has 1 aliphatic rings. The van der Waals surface area contributed by atoms with Crippen LogP contribution in [0.25, 0.3) is 0 Å². The summed E-state index contributed by atoms with van der Waals surface area (Å²) in [5, 5.41) is 2.41. The number of hydrogen-bond donors (Lipinski definition) is 1. The molecule has 6 heteroatoms. The average molecular weight is 283 g/mol. The number of amides is 1. The van der Waals surface area contributed by atoms with E-state index in [2.05, 4.69) is 5.32 Å². The highest BCUT2D eigenvalue weighted by atomic mass is 19.3. The number of alkyl halides is 2. The topological polar surface area (TPSA) is 55.4 Å². The average Bonchev–Trinajstić information content (AvgIpc) is 3.16. The van der Waals surface area contributed by atoms with Crippen molar-refractivity contribution in [1.82, 2.24) is 5.32 Å². The first-order valence-corrected chi connectivity index (χ1v) is 6.34. The summed E-state index contributed by atoms with van der Waals surface area (Å²) in [7, 11) is 0. The molecule has 4 nitrogen and oxygen atoms in total. The molecule has 1 saturated carbocycles. The van der Waals surface area contributed by atoms with Crippen LogP contribution in [0.1, 0.15) is 23.7 Å². The van der Waals surface area contributed by atoms with Crippen molar-refractivity contribution in [3.63, 3.8) is 0 Å². The van der Waals surface area contributed by atoms with Gasteiger partial charge in [-0.1, -0.05) is 18.2 Å². The van der Waals surface area contributed by atoms with E-state index in [1.165, 1.54) is 0 Å². The fourth-order valence-electron chi connectivity index (χ4n) is 2.15. The van der Waals surface area contributed by atoms with Crippen LogP contribution in [0.15, 0.2) is 30.3 Å². The van der Waals surface area contributed by atoms with Crippen LogP contribution < -0.4 is 5.32 Å². The number of hydrogen-bond acceptors (Lipinski definition) is 3. The van der Waals surface area contributed by atoms with E-state index in [0.29, 0.717) is 5.56 Å². The molecular weight excluding hydrogens is 268 g/mol. The zero-order valence-electron chi connectivity index (χ0n) is 10.9. The monoisotopic (exact) mass is 283 g/mol. The number of nitrogens with one attached hydrogen (secondary N) is 1. The maximum atomic E-state index is 12.8. The summed E-state index contributed by atoms with van der Waals surface area (Å²) >= 11 is 0. The molecule has 2 rings (SSSR count). The third kappa shape index (κ3) is 2.64. The Morgan fingerprint density at radius 3 is 2.55 bits per heavy atom. The minimum Gasteiger partial charge on any atom is -0.464 e. The molecule has 1 fully saturated rings. The van der Waals surface area contributed by atoms with Crippen molar-refractivity contribution in [2.24, 2.45) is 5.92 Å². The summed E-state index contributed by atoms with van der Waals surface area (Å²) in [5.41, 5.74) is -1.27. The SMILES string of the molecule is CCOC(=O)[C@@]1(NC(=O)c2ccccc2)C[C@@H]1C(F)F. The van der Waals surface area contributed by atoms with Gasteiger partial charge in [-0.25, -0.2) is 13.6 Å². The summed E-state index contributed by atoms with van der Waals surface area (Å²) in [5.74, 6) is -2.54. The molecule has 1 amide bonds. The molecule has 0 bridgehead atoms. The predicted molar refractivity (Wildman–Crippen MR) is 67.4 cm³/mol. The fraction of sp³-hybridized carbons (Fsp3) is 0.429. The number of carbonyl (C=O) groups excluding carboxylic acids is 2. The van der Waals surface area contributed by atoms with Crippen LogP contribution in [0, 0.1) is 5.92 Å². The van der Waals surface area contributed by atoms with Gasteiger partial charge < -0.3 is 10.1 Å². The largest absolute Gasteiger partial charge is 0.464 e. The zero-order valence-corrected chi connectivity index (χ0v) is 10.9. The van der Waals surface area contributed by atoms with Gasteiger partial charge in [0.2, 0.25) is 6.43 Å². The van der Waals surface area contributed by atoms with Crippen LogP contribution in [0.4, 0.5) is 8.78 Å². The van der Waals surface area contributed by atoms with Crippen molar-refractivity contribution in [1.29, 1.82) is 0 Å². The Morgan fingerprint density at radius 1 is 1.40 bits per heavy atom. The second kappa shape index (κ2) is 5.56. The van der Waals surface area contributed by atoms with Gasteiger partial charge in [0, 0.05) is 5.56 Å². The van der Waals surface area contributed by atoms with Crippen molar-refractivity contribution in [3.8, 4) is 0 Å². The molecule has 1 N–H and O–H groups in total. The first-order chi connectivity index (χ1) is 9.51. The zero-order chi connectivity index (χ0) is 14.8. The van der Waals surface area contributed by atoms with E-state index in [-0.39, 0.29) is 13.0 Å². The van der Waals surface area contributed by atoms with Crippen LogP contribution >= 0.6 is 0 Å². The lowest BCUT2D eigenvalue weighted by Crippen LogP contribution is -2.46. The Morgan fingerprint density at radius 2 is 2.05 bits per heavy atom. The van der Waals surface area contributed by atoms with E-state index in [1.54, 1.807) is 37.3 Å². The number of halogens is 2. The molecule has 108 valence electrons. The summed E-state index contributed by atoms with van der Waals surface area (Å²) < 4.78 is 30.4. The van der Waals surface area contributed by atoms with E-state index in [9.17, 15) is 18.4 Å². The summed E-state index contributed by atoms with van der Waals surface area (Å²) in [6.07, 6.45) is -2.77. The molecule has 0 radical (unpaired) electrons. The van der Waals surface area contributed by atoms with E-state index in [4.69, 9.17) is 4.74 Å². The minimum absolute atomic E-state index is 0.0811. The summed E-state index contributed by atoms with van der Waals surface area (Å²) in [4.78, 5) is 23.9. The molecule has 1 aromatic rings. The van der Waals surface area contributed by atoms with Gasteiger partial charge in [-0.15, -0.1) is 0 Å². The molecule has 0 saturated heterocycles. The molecule has 0 spiro atoms. The fourth-order valence-corrected chi connectivity index (χ4v) is 2.15. The van der Waals surface area contributed by atoms with Gasteiger partial charge >= 0.3 is 5.97 Å². The highest BCUT2D eigenvalue weighted by Crippen LogP contribution is 2.48. The Labute approximate surface area is 115 Å². The molecule has 0 unspecified atom stereocenters. The predicted octanol–water partition coefficient (Wildman–Crippen LogP) is 2.00. The molecule has 0 heterocycles. The molecule has 0 aliphatic heterocycles. The smallest absolute Gasteiger partial charge is 0.332 e. The first-order valence-electron chi connectivity index (χ1n) is 6.34. The minimum atomic E-state index is -2.67. The van der Waals surface area contributed by atoms with Crippen LogP contribution in [0.2, 0.25) is 0 Å². The van der Waals surface area contributed by atoms with Gasteiger partial charge in [0.25, 0.3) is 5.91 Å². The lowest BCUT2D eigenvalue weighted by atomic mass is 10.1. The van der Waals surface area contributed by atoms with Gasteiger partial charge in [-0.05, 0) is 25.5 Å². The first kappa shape index (κ1) is 14.4. The Balaban J connectivity index is 2.14.